The maximum Gasteiger partial charge on any atom is 0.354 e. The zero-order valence-corrected chi connectivity index (χ0v) is 22.6. The first-order valence-corrected chi connectivity index (χ1v) is 12.4. The summed E-state index contributed by atoms with van der Waals surface area (Å²) in [6, 6.07) is 4.96. The first-order valence-electron chi connectivity index (χ1n) is 12.4. The maximum atomic E-state index is 13.7. The van der Waals surface area contributed by atoms with E-state index in [1.807, 2.05) is 13.8 Å². The monoisotopic (exact) mass is 515 g/mol. The molecule has 1 aliphatic heterocycles. The number of hydrogen-bond acceptors (Lipinski definition) is 8. The lowest BCUT2D eigenvalue weighted by atomic mass is 10.0. The minimum atomic E-state index is -0.495. The lowest BCUT2D eigenvalue weighted by molar-refractivity contribution is 0.0323. The third-order valence-corrected chi connectivity index (χ3v) is 6.75. The summed E-state index contributed by atoms with van der Waals surface area (Å²) in [5, 5.41) is 0. The number of esters is 1. The van der Waals surface area contributed by atoms with Crippen molar-refractivity contribution < 1.29 is 33.3 Å². The van der Waals surface area contributed by atoms with Crippen molar-refractivity contribution in [2.24, 2.45) is 0 Å². The van der Waals surface area contributed by atoms with Crippen LogP contribution in [0.5, 0.6) is 11.5 Å². The van der Waals surface area contributed by atoms with Crippen LogP contribution in [-0.2, 0) is 16.0 Å². The van der Waals surface area contributed by atoms with E-state index in [1.165, 1.54) is 21.3 Å². The lowest BCUT2D eigenvalue weighted by Gasteiger charge is -2.30. The van der Waals surface area contributed by atoms with Gasteiger partial charge in [-0.1, -0.05) is 0 Å². The third kappa shape index (κ3) is 6.31. The van der Waals surface area contributed by atoms with E-state index in [1.54, 1.807) is 34.6 Å². The lowest BCUT2D eigenvalue weighted by Crippen LogP contribution is -2.44. The van der Waals surface area contributed by atoms with Gasteiger partial charge in [-0.05, 0) is 38.5 Å². The summed E-state index contributed by atoms with van der Waals surface area (Å²) in [7, 11) is 4.36. The number of methoxy groups -OCH3 is 3. The number of carbonyl (C=O) groups excluding carboxylic acids is 3. The molecule has 1 aliphatic rings. The van der Waals surface area contributed by atoms with Crippen molar-refractivity contribution in [3.05, 3.63) is 46.3 Å². The number of aromatic nitrogens is 1. The van der Waals surface area contributed by atoms with Crippen LogP contribution < -0.4 is 9.47 Å². The maximum absolute atomic E-state index is 13.7. The fourth-order valence-electron chi connectivity index (χ4n) is 4.77. The van der Waals surface area contributed by atoms with E-state index >= 15 is 0 Å². The molecule has 0 saturated carbocycles. The largest absolute Gasteiger partial charge is 0.497 e. The molecule has 0 N–H and O–H groups in total. The van der Waals surface area contributed by atoms with E-state index in [2.05, 4.69) is 4.90 Å². The van der Waals surface area contributed by atoms with Crippen molar-refractivity contribution in [1.82, 2.24) is 14.4 Å². The molecule has 1 fully saturated rings. The molecule has 0 aliphatic carbocycles. The number of ketones is 1. The summed E-state index contributed by atoms with van der Waals surface area (Å²) >= 11 is 0. The molecule has 3 rings (SSSR count). The molecule has 10 heteroatoms. The van der Waals surface area contributed by atoms with Gasteiger partial charge in [-0.3, -0.25) is 14.5 Å². The molecule has 37 heavy (non-hydrogen) atoms. The number of Topliss-reactive ketones (excluding diaryl/α,β-unsaturated/α-hetero) is 1. The minimum Gasteiger partial charge on any atom is -0.497 e. The highest BCUT2D eigenvalue weighted by Gasteiger charge is 2.29. The SMILES string of the molecule is CCn1c(C)c(C(=O)CN(CCN2CCOCC2)C(=O)c2cc(OC)cc(OC)c2)c(C)c1C(=O)OC. The van der Waals surface area contributed by atoms with E-state index in [-0.39, 0.29) is 18.2 Å². The number of benzene rings is 1. The molecule has 0 spiro atoms. The second-order valence-corrected chi connectivity index (χ2v) is 8.88. The Hall–Kier alpha value is -3.37. The summed E-state index contributed by atoms with van der Waals surface area (Å²) in [6.07, 6.45) is 0. The Morgan fingerprint density at radius 1 is 1.00 bits per heavy atom. The third-order valence-electron chi connectivity index (χ3n) is 6.75. The number of hydrogen-bond donors (Lipinski definition) is 0. The second kappa shape index (κ2) is 12.7. The molecule has 1 aromatic carbocycles. The fraction of sp³-hybridized carbons (Fsp3) is 0.519. The molecule has 0 unspecified atom stereocenters. The van der Waals surface area contributed by atoms with Gasteiger partial charge in [-0.15, -0.1) is 0 Å². The highest BCUT2D eigenvalue weighted by molar-refractivity contribution is 6.06. The van der Waals surface area contributed by atoms with Crippen molar-refractivity contribution in [2.75, 3.05) is 67.3 Å². The normalized spacial score (nSPS) is 13.8. The van der Waals surface area contributed by atoms with E-state index in [0.717, 1.165) is 13.1 Å². The van der Waals surface area contributed by atoms with E-state index < -0.39 is 5.97 Å². The number of ether oxygens (including phenoxy) is 4. The van der Waals surface area contributed by atoms with Crippen LogP contribution in [-0.4, -0.2) is 99.3 Å². The molecule has 0 radical (unpaired) electrons. The Bertz CT molecular complexity index is 1110. The topological polar surface area (TPSA) is 99.5 Å². The van der Waals surface area contributed by atoms with Crippen LogP contribution in [0.3, 0.4) is 0 Å². The molecule has 2 heterocycles. The number of carbonyl (C=O) groups is 3. The smallest absolute Gasteiger partial charge is 0.354 e. The van der Waals surface area contributed by atoms with Crippen LogP contribution in [0.2, 0.25) is 0 Å². The molecule has 1 saturated heterocycles. The molecule has 202 valence electrons. The van der Waals surface area contributed by atoms with Gasteiger partial charge in [0.15, 0.2) is 5.78 Å². The molecule has 10 nitrogen and oxygen atoms in total. The predicted octanol–water partition coefficient (Wildman–Crippen LogP) is 2.59. The van der Waals surface area contributed by atoms with Crippen molar-refractivity contribution in [1.29, 1.82) is 0 Å². The van der Waals surface area contributed by atoms with Crippen molar-refractivity contribution in [3.8, 4) is 11.5 Å². The molecule has 0 atom stereocenters. The van der Waals surface area contributed by atoms with E-state index in [0.29, 0.717) is 72.4 Å². The van der Waals surface area contributed by atoms with Crippen LogP contribution in [0.15, 0.2) is 18.2 Å². The summed E-state index contributed by atoms with van der Waals surface area (Å²) in [5.74, 6) is -0.0758. The van der Waals surface area contributed by atoms with Crippen molar-refractivity contribution in [2.45, 2.75) is 27.3 Å². The van der Waals surface area contributed by atoms with E-state index in [4.69, 9.17) is 18.9 Å². The van der Waals surface area contributed by atoms with Gasteiger partial charge in [0.25, 0.3) is 5.91 Å². The first kappa shape index (κ1) is 28.2. The van der Waals surface area contributed by atoms with Crippen molar-refractivity contribution >= 4 is 17.7 Å². The van der Waals surface area contributed by atoms with E-state index in [9.17, 15) is 14.4 Å². The Labute approximate surface area is 218 Å². The van der Waals surface area contributed by atoms with Crippen molar-refractivity contribution in [3.63, 3.8) is 0 Å². The van der Waals surface area contributed by atoms with Crippen LogP contribution >= 0.6 is 0 Å². The Balaban J connectivity index is 1.94. The highest BCUT2D eigenvalue weighted by Crippen LogP contribution is 2.26. The van der Waals surface area contributed by atoms with Gasteiger partial charge in [0.1, 0.15) is 17.2 Å². The highest BCUT2D eigenvalue weighted by atomic mass is 16.5. The molecular formula is C27H37N3O7. The fourth-order valence-corrected chi connectivity index (χ4v) is 4.77. The van der Waals surface area contributed by atoms with Gasteiger partial charge in [-0.25, -0.2) is 4.79 Å². The Kier molecular flexibility index (Phi) is 9.71. The summed E-state index contributed by atoms with van der Waals surface area (Å²) in [4.78, 5) is 43.6. The van der Waals surface area contributed by atoms with Gasteiger partial charge < -0.3 is 28.4 Å². The number of morpholine rings is 1. The number of nitrogens with zero attached hydrogens (tertiary/aromatic N) is 3. The van der Waals surface area contributed by atoms with Gasteiger partial charge >= 0.3 is 5.97 Å². The Morgan fingerprint density at radius 3 is 2.16 bits per heavy atom. The second-order valence-electron chi connectivity index (χ2n) is 8.88. The molecule has 1 amide bonds. The molecule has 2 aromatic rings. The predicted molar refractivity (Wildman–Crippen MR) is 138 cm³/mol. The standard InChI is InChI=1S/C27H37N3O7/c1-7-30-19(3)24(18(2)25(30)27(33)36-6)23(31)17-29(9-8-28-10-12-37-13-11-28)26(32)20-14-21(34-4)16-22(15-20)35-5/h14-16H,7-13,17H2,1-6H3. The van der Waals surface area contributed by atoms with Gasteiger partial charge in [0.2, 0.25) is 0 Å². The summed E-state index contributed by atoms with van der Waals surface area (Å²) < 4.78 is 22.8. The van der Waals surface area contributed by atoms with Crippen LogP contribution in [0.25, 0.3) is 0 Å². The van der Waals surface area contributed by atoms with Gasteiger partial charge in [0.05, 0.1) is 41.1 Å². The zero-order chi connectivity index (χ0) is 27.1. The van der Waals surface area contributed by atoms with Crippen LogP contribution in [0, 0.1) is 13.8 Å². The van der Waals surface area contributed by atoms with Gasteiger partial charge in [0, 0.05) is 55.6 Å². The number of rotatable bonds is 11. The number of amides is 1. The van der Waals surface area contributed by atoms with Crippen LogP contribution in [0.1, 0.15) is 49.4 Å². The first-order chi connectivity index (χ1) is 17.7. The summed E-state index contributed by atoms with van der Waals surface area (Å²) in [6.45, 7) is 9.58. The molecule has 1 aromatic heterocycles. The van der Waals surface area contributed by atoms with Gasteiger partial charge in [-0.2, -0.15) is 0 Å². The summed E-state index contributed by atoms with van der Waals surface area (Å²) in [5.41, 5.74) is 2.39. The van der Waals surface area contributed by atoms with Crippen LogP contribution in [0.4, 0.5) is 0 Å². The average molecular weight is 516 g/mol. The average Bonchev–Trinajstić information content (AvgIpc) is 3.18. The quantitative estimate of drug-likeness (QED) is 0.333. The molecule has 0 bridgehead atoms. The minimum absolute atomic E-state index is 0.140. The zero-order valence-electron chi connectivity index (χ0n) is 22.6. The Morgan fingerprint density at radius 2 is 1.62 bits per heavy atom. The molecular weight excluding hydrogens is 478 g/mol.